The molecule has 0 fully saturated rings. The quantitative estimate of drug-likeness (QED) is 0.419. The highest BCUT2D eigenvalue weighted by Crippen LogP contribution is 2.20. The molecule has 0 aliphatic heterocycles. The molecule has 172 valence electrons. The van der Waals surface area contributed by atoms with Gasteiger partial charge in [0.05, 0.1) is 24.0 Å². The van der Waals surface area contributed by atoms with Crippen molar-refractivity contribution in [3.63, 3.8) is 0 Å². The zero-order valence-electron chi connectivity index (χ0n) is 19.1. The third kappa shape index (κ3) is 5.69. The highest BCUT2D eigenvalue weighted by atomic mass is 16.5. The van der Waals surface area contributed by atoms with E-state index in [4.69, 9.17) is 4.74 Å². The van der Waals surface area contributed by atoms with E-state index in [1.807, 2.05) is 90.5 Å². The van der Waals surface area contributed by atoms with Crippen molar-refractivity contribution in [3.05, 3.63) is 131 Å². The Balaban J connectivity index is 1.34. The molecule has 1 aliphatic rings. The molecule has 1 aromatic heterocycles. The van der Waals surface area contributed by atoms with Crippen molar-refractivity contribution in [3.8, 4) is 0 Å². The Morgan fingerprint density at radius 1 is 1.09 bits per heavy atom. The summed E-state index contributed by atoms with van der Waals surface area (Å²) in [7, 11) is 0. The summed E-state index contributed by atoms with van der Waals surface area (Å²) in [5.41, 5.74) is 4.49. The normalized spacial score (nSPS) is 15.4. The summed E-state index contributed by atoms with van der Waals surface area (Å²) >= 11 is 0. The van der Waals surface area contributed by atoms with Crippen molar-refractivity contribution in [1.82, 2.24) is 4.57 Å². The number of hydrogen-bond donors (Lipinski definition) is 1. The Morgan fingerprint density at radius 2 is 1.88 bits per heavy atom. The third-order valence-electron chi connectivity index (χ3n) is 5.78. The van der Waals surface area contributed by atoms with Gasteiger partial charge < -0.3 is 14.4 Å². The van der Waals surface area contributed by atoms with Gasteiger partial charge in [-0.15, -0.1) is 0 Å². The van der Waals surface area contributed by atoms with Crippen molar-refractivity contribution in [2.45, 2.75) is 32.6 Å². The van der Waals surface area contributed by atoms with Crippen molar-refractivity contribution < 1.29 is 19.4 Å². The molecule has 1 aliphatic carbocycles. The smallest absolute Gasteiger partial charge is 0.336 e. The van der Waals surface area contributed by atoms with E-state index in [9.17, 15) is 14.7 Å². The van der Waals surface area contributed by atoms with E-state index in [2.05, 4.69) is 0 Å². The average Bonchev–Trinajstić information content (AvgIpc) is 3.32. The number of carbonyl (C=O) groups is 2. The second-order valence-corrected chi connectivity index (χ2v) is 8.29. The largest absolute Gasteiger partial charge is 0.478 e. The van der Waals surface area contributed by atoms with E-state index >= 15 is 0 Å². The number of carbonyl (C=O) groups excluding carboxylic acids is 1. The summed E-state index contributed by atoms with van der Waals surface area (Å²) in [6.45, 7) is 2.82. The van der Waals surface area contributed by atoms with Crippen LogP contribution in [0, 0.1) is 6.92 Å². The topological polar surface area (TPSA) is 68.5 Å². The predicted molar refractivity (Wildman–Crippen MR) is 132 cm³/mol. The Labute approximate surface area is 199 Å². The maximum Gasteiger partial charge on any atom is 0.336 e. The maximum absolute atomic E-state index is 12.9. The van der Waals surface area contributed by atoms with Gasteiger partial charge >= 0.3 is 5.97 Å². The second-order valence-electron chi connectivity index (χ2n) is 8.29. The van der Waals surface area contributed by atoms with Crippen molar-refractivity contribution in [2.75, 3.05) is 0 Å². The van der Waals surface area contributed by atoms with Gasteiger partial charge in [0.1, 0.15) is 0 Å². The number of aryl methyl sites for hydroxylation is 1. The number of allylic oxidation sites excluding steroid dienone is 4. The first kappa shape index (κ1) is 23.2. The molecule has 1 unspecified atom stereocenters. The summed E-state index contributed by atoms with van der Waals surface area (Å²) in [5, 5.41) is 9.34. The second kappa shape index (κ2) is 10.8. The van der Waals surface area contributed by atoms with E-state index in [-0.39, 0.29) is 24.1 Å². The molecule has 1 atom stereocenters. The van der Waals surface area contributed by atoms with Crippen LogP contribution >= 0.6 is 0 Å². The first-order valence-electron chi connectivity index (χ1n) is 11.2. The molecule has 0 saturated heterocycles. The number of carboxylic acid groups (broad SMARTS) is 1. The molecule has 0 spiro atoms. The lowest BCUT2D eigenvalue weighted by Crippen LogP contribution is -2.14. The molecule has 34 heavy (non-hydrogen) atoms. The van der Waals surface area contributed by atoms with Gasteiger partial charge in [-0.2, -0.15) is 0 Å². The molecule has 1 heterocycles. The monoisotopic (exact) mass is 453 g/mol. The first-order chi connectivity index (χ1) is 16.5. The highest BCUT2D eigenvalue weighted by Gasteiger charge is 2.15. The van der Waals surface area contributed by atoms with Gasteiger partial charge in [0, 0.05) is 24.7 Å². The van der Waals surface area contributed by atoms with Crippen molar-refractivity contribution in [2.24, 2.45) is 0 Å². The van der Waals surface area contributed by atoms with Crippen LogP contribution in [-0.2, 0) is 17.9 Å². The highest BCUT2D eigenvalue weighted by molar-refractivity contribution is 6.08. The predicted octanol–water partition coefficient (Wildman–Crippen LogP) is 5.75. The fourth-order valence-corrected chi connectivity index (χ4v) is 3.91. The minimum atomic E-state index is -0.952. The van der Waals surface area contributed by atoms with E-state index in [1.165, 1.54) is 0 Å². The first-order valence-corrected chi connectivity index (χ1v) is 11.2. The molecule has 0 saturated carbocycles. The fraction of sp³-hybridized carbons (Fsp3) is 0.172. The molecule has 0 radical (unpaired) electrons. The number of nitrogens with zero attached hydrogens (tertiary/aromatic N) is 1. The number of carboxylic acids is 1. The van der Waals surface area contributed by atoms with Crippen LogP contribution in [0.2, 0.25) is 0 Å². The molecule has 2 aromatic carbocycles. The number of rotatable bonds is 9. The molecule has 1 N–H and O–H groups in total. The Kier molecular flexibility index (Phi) is 7.35. The van der Waals surface area contributed by atoms with Gasteiger partial charge in [0.25, 0.3) is 0 Å². The van der Waals surface area contributed by atoms with E-state index < -0.39 is 5.97 Å². The lowest BCUT2D eigenvalue weighted by molar-refractivity contribution is 0.0640. The van der Waals surface area contributed by atoms with Crippen LogP contribution in [0.5, 0.6) is 0 Å². The van der Waals surface area contributed by atoms with E-state index in [0.29, 0.717) is 29.8 Å². The molecule has 5 nitrogen and oxygen atoms in total. The summed E-state index contributed by atoms with van der Waals surface area (Å²) in [4.78, 5) is 24.3. The van der Waals surface area contributed by atoms with Crippen LogP contribution in [-0.4, -0.2) is 27.5 Å². The van der Waals surface area contributed by atoms with E-state index in [0.717, 1.165) is 11.1 Å². The summed E-state index contributed by atoms with van der Waals surface area (Å²) in [5.74, 6) is -0.944. The van der Waals surface area contributed by atoms with Crippen molar-refractivity contribution >= 4 is 11.8 Å². The SMILES string of the molecule is Cc1ccc(C(=O)c2cccn2C/C=C/C2=CC=CC(OCc3ccccc3C(=O)O)C2)cc1. The Hall–Kier alpha value is -3.96. The van der Waals surface area contributed by atoms with Crippen molar-refractivity contribution in [1.29, 1.82) is 0 Å². The van der Waals surface area contributed by atoms with E-state index in [1.54, 1.807) is 18.2 Å². The van der Waals surface area contributed by atoms with Gasteiger partial charge in [-0.3, -0.25) is 4.79 Å². The minimum Gasteiger partial charge on any atom is -0.478 e. The number of benzene rings is 2. The van der Waals surface area contributed by atoms with Crippen LogP contribution < -0.4 is 0 Å². The number of aromatic carboxylic acids is 1. The van der Waals surface area contributed by atoms with Crippen LogP contribution in [0.3, 0.4) is 0 Å². The molecule has 5 heteroatoms. The fourth-order valence-electron chi connectivity index (χ4n) is 3.91. The lowest BCUT2D eigenvalue weighted by atomic mass is 10.0. The number of aromatic nitrogens is 1. The molecular weight excluding hydrogens is 426 g/mol. The Morgan fingerprint density at radius 3 is 2.68 bits per heavy atom. The standard InChI is InChI=1S/C29H27NO4/c1-21-13-15-23(16-14-21)28(31)27-12-6-18-30(27)17-5-8-22-7-4-10-25(19-22)34-20-24-9-2-3-11-26(24)29(32)33/h2-16,18,25H,17,19-20H2,1H3,(H,32,33)/b8-5+. The number of hydrogen-bond acceptors (Lipinski definition) is 3. The summed E-state index contributed by atoms with van der Waals surface area (Å²) < 4.78 is 7.91. The number of ether oxygens (including phenoxy) is 1. The van der Waals surface area contributed by atoms with Crippen LogP contribution in [0.1, 0.15) is 44.0 Å². The summed E-state index contributed by atoms with van der Waals surface area (Å²) in [6, 6.07) is 18.2. The number of ketones is 1. The van der Waals surface area contributed by atoms with Crippen LogP contribution in [0.15, 0.2) is 103 Å². The van der Waals surface area contributed by atoms with Gasteiger partial charge in [-0.25, -0.2) is 4.79 Å². The molecule has 3 aromatic rings. The Bertz CT molecular complexity index is 1260. The molecule has 0 amide bonds. The zero-order chi connectivity index (χ0) is 23.9. The third-order valence-corrected chi connectivity index (χ3v) is 5.78. The zero-order valence-corrected chi connectivity index (χ0v) is 19.1. The molecular formula is C29H27NO4. The molecule has 4 rings (SSSR count). The van der Waals surface area contributed by atoms with Gasteiger partial charge in [0.15, 0.2) is 0 Å². The van der Waals surface area contributed by atoms with Crippen LogP contribution in [0.4, 0.5) is 0 Å². The summed E-state index contributed by atoms with van der Waals surface area (Å²) in [6.07, 6.45) is 12.5. The molecule has 0 bridgehead atoms. The van der Waals surface area contributed by atoms with Gasteiger partial charge in [-0.05, 0) is 36.3 Å². The van der Waals surface area contributed by atoms with Gasteiger partial charge in [0.2, 0.25) is 5.78 Å². The minimum absolute atomic E-state index is 0.00771. The van der Waals surface area contributed by atoms with Crippen LogP contribution in [0.25, 0.3) is 0 Å². The maximum atomic E-state index is 12.9. The van der Waals surface area contributed by atoms with Gasteiger partial charge in [-0.1, -0.05) is 78.4 Å². The lowest BCUT2D eigenvalue weighted by Gasteiger charge is -2.18. The average molecular weight is 454 g/mol.